The second-order valence-electron chi connectivity index (χ2n) is 25.4. The molecule has 94 heavy (non-hydrogen) atoms. The Hall–Kier alpha value is -12.0. The molecule has 0 N–H and O–H groups in total. The van der Waals surface area contributed by atoms with E-state index in [1.165, 1.54) is 55.3 Å². The Morgan fingerprint density at radius 1 is 0.372 bits per heavy atom. The summed E-state index contributed by atoms with van der Waals surface area (Å²) in [5, 5.41) is 14.6. The summed E-state index contributed by atoms with van der Waals surface area (Å²) in [5.41, 5.74) is 27.6. The van der Waals surface area contributed by atoms with Gasteiger partial charge in [0, 0.05) is 107 Å². The monoisotopic (exact) mass is 1210 g/mol. The molecule has 0 unspecified atom stereocenters. The summed E-state index contributed by atoms with van der Waals surface area (Å²) in [5.74, 6) is 1.42. The third-order valence-corrected chi connectivity index (χ3v) is 21.9. The number of benzene rings is 12. The number of anilines is 3. The fourth-order valence-corrected chi connectivity index (χ4v) is 18.1. The van der Waals surface area contributed by atoms with Crippen LogP contribution < -0.4 is 9.64 Å². The molecule has 4 aromatic heterocycles. The van der Waals surface area contributed by atoms with E-state index < -0.39 is 5.41 Å². The highest BCUT2D eigenvalue weighted by Gasteiger charge is 2.54. The molecule has 0 radical (unpaired) electrons. The van der Waals surface area contributed by atoms with Crippen molar-refractivity contribution >= 4 is 72.4 Å². The van der Waals surface area contributed by atoms with Gasteiger partial charge in [0.1, 0.15) is 11.5 Å². The molecule has 2 aliphatic heterocycles. The molecular weight excluding hydrogens is 1170 g/mol. The van der Waals surface area contributed by atoms with Gasteiger partial charge in [-0.15, -0.1) is 0 Å². The van der Waals surface area contributed by atoms with E-state index in [4.69, 9.17) is 14.7 Å². The van der Waals surface area contributed by atoms with E-state index in [0.717, 1.165) is 127 Å². The van der Waals surface area contributed by atoms with E-state index in [1.807, 2.05) is 12.1 Å². The van der Waals surface area contributed by atoms with Gasteiger partial charge in [0.05, 0.1) is 61.9 Å². The van der Waals surface area contributed by atoms with Gasteiger partial charge >= 0.3 is 0 Å². The Morgan fingerprint density at radius 3 is 1.33 bits per heavy atom. The van der Waals surface area contributed by atoms with Crippen molar-refractivity contribution in [3.63, 3.8) is 0 Å². The van der Waals surface area contributed by atoms with Crippen molar-refractivity contribution in [3.8, 4) is 62.6 Å². The van der Waals surface area contributed by atoms with E-state index in [2.05, 4.69) is 299 Å². The Kier molecular flexibility index (Phi) is 10.6. The lowest BCUT2D eigenvalue weighted by Gasteiger charge is -2.40. The summed E-state index contributed by atoms with van der Waals surface area (Å²) in [6, 6.07) is 104. The molecule has 0 atom stereocenters. The molecule has 5 aliphatic rings. The summed E-state index contributed by atoms with van der Waals surface area (Å²) in [6.07, 6.45) is 4.25. The molecule has 12 aromatic carbocycles. The van der Waals surface area contributed by atoms with Crippen LogP contribution in [0.4, 0.5) is 17.1 Å². The quantitative estimate of drug-likeness (QED) is 0.171. The number of fused-ring (bicyclic) bond motifs is 23. The number of nitrogens with zero attached hydrogens (tertiary/aromatic N) is 6. The van der Waals surface area contributed by atoms with Gasteiger partial charge in [0.15, 0.2) is 0 Å². The first-order valence-corrected chi connectivity index (χ1v) is 32.9. The Bertz CT molecular complexity index is 5800. The molecule has 21 rings (SSSR count). The van der Waals surface area contributed by atoms with Gasteiger partial charge in [-0.05, 0) is 147 Å². The normalized spacial score (nSPS) is 14.2. The molecule has 0 amide bonds. The van der Waals surface area contributed by atoms with Crippen LogP contribution in [0, 0.1) is 11.3 Å². The number of nitriles is 1. The smallest absolute Gasteiger partial charge is 0.134 e. The Morgan fingerprint density at radius 2 is 0.809 bits per heavy atom. The molecule has 8 heteroatoms. The lowest BCUT2D eigenvalue weighted by Crippen LogP contribution is -2.33. The van der Waals surface area contributed by atoms with E-state index in [-0.39, 0.29) is 11.8 Å². The first-order chi connectivity index (χ1) is 46.6. The lowest BCUT2D eigenvalue weighted by atomic mass is 9.65. The van der Waals surface area contributed by atoms with Crippen LogP contribution in [0.3, 0.4) is 0 Å². The van der Waals surface area contributed by atoms with Crippen LogP contribution in [0.25, 0.3) is 88.6 Å². The maximum atomic E-state index is 10.00. The number of rotatable bonds is 5. The summed E-state index contributed by atoms with van der Waals surface area (Å²) >= 11 is 1.71. The highest BCUT2D eigenvalue weighted by Crippen LogP contribution is 2.64. The standard InChI is InChI=1S/C86H50N6OS/c87-47-50-33-39-77-81(41-50)94-80-32-16-15-31-76(80)92(77)53-36-40-75-67(44-53)62-23-11-14-30-74(62)91(75)55-35-38-69-79(46-55)93-78-45-54(90-72-28-12-9-21-60(72)61-22-10-13-29-73(61)90)34-37-68(78)86(69)70-42-51(82-63-24-5-1-17-56(63)57-18-2-6-25-64(57)82)48-88-84(70)85-71(86)43-52(49-89-85)83-65-26-7-3-19-58(65)59-20-4-8-27-66(59)83/h1-46,48-49,82-83H. The molecule has 1 spiro atoms. The minimum Gasteiger partial charge on any atom is -0.457 e. The van der Waals surface area contributed by atoms with Gasteiger partial charge in [-0.2, -0.15) is 5.26 Å². The number of para-hydroxylation sites is 4. The zero-order chi connectivity index (χ0) is 61.5. The molecule has 0 bridgehead atoms. The highest BCUT2D eigenvalue weighted by molar-refractivity contribution is 7.99. The van der Waals surface area contributed by atoms with Crippen molar-refractivity contribution in [2.75, 3.05) is 4.90 Å². The maximum absolute atomic E-state index is 10.00. The van der Waals surface area contributed by atoms with Crippen molar-refractivity contribution in [2.45, 2.75) is 27.0 Å². The summed E-state index contributed by atoms with van der Waals surface area (Å²) < 4.78 is 12.5. The molecule has 16 aromatic rings. The number of pyridine rings is 2. The van der Waals surface area contributed by atoms with Gasteiger partial charge < -0.3 is 18.8 Å². The number of hydrogen-bond acceptors (Lipinski definition) is 6. The maximum Gasteiger partial charge on any atom is 0.134 e. The van der Waals surface area contributed by atoms with E-state index >= 15 is 0 Å². The van der Waals surface area contributed by atoms with Crippen LogP contribution in [-0.4, -0.2) is 19.1 Å². The number of aromatic nitrogens is 4. The molecule has 0 fully saturated rings. The SMILES string of the molecule is N#Cc1ccc2c(c1)Sc1ccccc1N2c1ccc2c(c1)c1ccccc1n2-c1ccc2c(c1)Oc1cc(-n3c4ccccc4c4ccccc43)ccc1C21c2cc(C3c4ccccc4-c4ccccc43)cnc2-c2ncc(C3c4ccccc4-c4ccccc43)cc21. The molecular formula is C86H50N6OS. The third kappa shape index (κ3) is 6.95. The fourth-order valence-electron chi connectivity index (χ4n) is 17.0. The fraction of sp³-hybridized carbons (Fsp3) is 0.0349. The zero-order valence-corrected chi connectivity index (χ0v) is 51.2. The van der Waals surface area contributed by atoms with Gasteiger partial charge in [0.25, 0.3) is 0 Å². The molecule has 7 nitrogen and oxygen atoms in total. The van der Waals surface area contributed by atoms with E-state index in [9.17, 15) is 5.26 Å². The van der Waals surface area contributed by atoms with Crippen LogP contribution >= 0.6 is 11.8 Å². The Labute approximate surface area is 545 Å². The van der Waals surface area contributed by atoms with Crippen LogP contribution in [-0.2, 0) is 5.41 Å². The minimum atomic E-state index is -0.976. The van der Waals surface area contributed by atoms with Crippen molar-refractivity contribution in [3.05, 3.63) is 353 Å². The topological polar surface area (TPSA) is 71.9 Å². The van der Waals surface area contributed by atoms with Crippen molar-refractivity contribution in [1.29, 1.82) is 5.26 Å². The lowest BCUT2D eigenvalue weighted by molar-refractivity contribution is 0.435. The Balaban J connectivity index is 0.825. The van der Waals surface area contributed by atoms with Crippen LogP contribution in [0.15, 0.2) is 301 Å². The van der Waals surface area contributed by atoms with Crippen molar-refractivity contribution < 1.29 is 4.74 Å². The van der Waals surface area contributed by atoms with Crippen molar-refractivity contribution in [2.24, 2.45) is 0 Å². The predicted octanol–water partition coefficient (Wildman–Crippen LogP) is 21.3. The van der Waals surface area contributed by atoms with Crippen LogP contribution in [0.2, 0.25) is 0 Å². The van der Waals surface area contributed by atoms with Crippen LogP contribution in [0.1, 0.15) is 73.0 Å². The van der Waals surface area contributed by atoms with Gasteiger partial charge in [-0.1, -0.05) is 188 Å². The zero-order valence-electron chi connectivity index (χ0n) is 50.4. The first-order valence-electron chi connectivity index (χ1n) is 32.1. The van der Waals surface area contributed by atoms with E-state index in [0.29, 0.717) is 5.56 Å². The molecule has 0 saturated carbocycles. The van der Waals surface area contributed by atoms with Gasteiger partial charge in [0.2, 0.25) is 0 Å². The van der Waals surface area contributed by atoms with Crippen LogP contribution in [0.5, 0.6) is 11.5 Å². The molecule has 436 valence electrons. The predicted molar refractivity (Wildman–Crippen MR) is 377 cm³/mol. The summed E-state index contributed by atoms with van der Waals surface area (Å²) in [4.78, 5) is 15.9. The second-order valence-corrected chi connectivity index (χ2v) is 26.5. The van der Waals surface area contributed by atoms with E-state index in [1.54, 1.807) is 11.8 Å². The highest BCUT2D eigenvalue weighted by atomic mass is 32.2. The largest absolute Gasteiger partial charge is 0.457 e. The third-order valence-electron chi connectivity index (χ3n) is 20.8. The molecule has 3 aliphatic carbocycles. The first kappa shape index (κ1) is 51.7. The molecule has 6 heterocycles. The summed E-state index contributed by atoms with van der Waals surface area (Å²) in [7, 11) is 0. The second kappa shape index (κ2) is 19.3. The molecule has 0 saturated heterocycles. The summed E-state index contributed by atoms with van der Waals surface area (Å²) in [6.45, 7) is 0. The number of ether oxygens (including phenoxy) is 1. The van der Waals surface area contributed by atoms with Crippen molar-refractivity contribution in [1.82, 2.24) is 19.1 Å². The van der Waals surface area contributed by atoms with Gasteiger partial charge in [-0.25, -0.2) is 0 Å². The average molecular weight is 1220 g/mol. The van der Waals surface area contributed by atoms with Gasteiger partial charge in [-0.3, -0.25) is 9.97 Å². The average Bonchev–Trinajstić information content (AvgIpc) is 1.46. The number of hydrogen-bond donors (Lipinski definition) is 0. The minimum absolute atomic E-state index is 0.0506.